The van der Waals surface area contributed by atoms with E-state index in [1.165, 1.54) is 5.56 Å². The summed E-state index contributed by atoms with van der Waals surface area (Å²) in [6.45, 7) is 4.11. The van der Waals surface area contributed by atoms with E-state index < -0.39 is 0 Å². The third kappa shape index (κ3) is 3.02. The normalized spacial score (nSPS) is 12.0. The summed E-state index contributed by atoms with van der Waals surface area (Å²) in [6.07, 6.45) is 1.79. The molecular weight excluding hydrogens is 252 g/mol. The van der Waals surface area contributed by atoms with E-state index in [9.17, 15) is 4.79 Å². The molecule has 2 rings (SSSR count). The minimum absolute atomic E-state index is 0.0175. The third-order valence-corrected chi connectivity index (χ3v) is 3.32. The van der Waals surface area contributed by atoms with E-state index in [0.29, 0.717) is 0 Å². The van der Waals surface area contributed by atoms with Gasteiger partial charge in [0.25, 0.3) is 0 Å². The van der Waals surface area contributed by atoms with Crippen molar-refractivity contribution in [3.05, 3.63) is 58.0 Å². The van der Waals surface area contributed by atoms with Crippen LogP contribution < -0.4 is 15.6 Å². The summed E-state index contributed by atoms with van der Waals surface area (Å²) >= 11 is 0. The fourth-order valence-electron chi connectivity index (χ4n) is 2.18. The predicted octanol–water partition coefficient (Wildman–Crippen LogP) is 2.88. The van der Waals surface area contributed by atoms with Crippen LogP contribution in [0.4, 0.5) is 5.69 Å². The zero-order chi connectivity index (χ0) is 14.7. The molecule has 0 aliphatic rings. The molecule has 0 saturated carbocycles. The number of pyridine rings is 1. The minimum atomic E-state index is -0.0175. The second kappa shape index (κ2) is 5.82. The second-order valence-electron chi connectivity index (χ2n) is 4.98. The van der Waals surface area contributed by atoms with Crippen molar-refractivity contribution in [3.63, 3.8) is 0 Å². The van der Waals surface area contributed by atoms with Gasteiger partial charge in [0.2, 0.25) is 5.56 Å². The van der Waals surface area contributed by atoms with Gasteiger partial charge in [-0.3, -0.25) is 4.79 Å². The molecule has 0 aliphatic heterocycles. The summed E-state index contributed by atoms with van der Waals surface area (Å²) < 4.78 is 6.99. The molecule has 20 heavy (non-hydrogen) atoms. The molecule has 1 N–H and O–H groups in total. The Hall–Kier alpha value is -2.23. The molecule has 2 aromatic rings. The van der Waals surface area contributed by atoms with Crippen molar-refractivity contribution in [1.29, 1.82) is 0 Å². The van der Waals surface area contributed by atoms with Crippen LogP contribution in [0.1, 0.15) is 24.1 Å². The van der Waals surface area contributed by atoms with Crippen LogP contribution in [0.15, 0.2) is 41.3 Å². The molecule has 4 heteroatoms. The van der Waals surface area contributed by atoms with Gasteiger partial charge in [-0.1, -0.05) is 12.1 Å². The van der Waals surface area contributed by atoms with E-state index in [0.717, 1.165) is 17.0 Å². The van der Waals surface area contributed by atoms with Gasteiger partial charge in [-0.2, -0.15) is 0 Å². The summed E-state index contributed by atoms with van der Waals surface area (Å²) in [5.74, 6) is 0.870. The van der Waals surface area contributed by atoms with Crippen LogP contribution >= 0.6 is 0 Å². The number of ether oxygens (including phenoxy) is 1. The van der Waals surface area contributed by atoms with Gasteiger partial charge in [0.15, 0.2) is 0 Å². The fourth-order valence-corrected chi connectivity index (χ4v) is 2.18. The lowest BCUT2D eigenvalue weighted by molar-refractivity contribution is 0.407. The molecule has 1 atom stereocenters. The van der Waals surface area contributed by atoms with Crippen molar-refractivity contribution in [3.8, 4) is 5.75 Å². The number of hydrogen-bond donors (Lipinski definition) is 1. The van der Waals surface area contributed by atoms with Crippen LogP contribution in [0.2, 0.25) is 0 Å². The van der Waals surface area contributed by atoms with E-state index in [2.05, 4.69) is 24.4 Å². The largest absolute Gasteiger partial charge is 0.496 e. The van der Waals surface area contributed by atoms with Crippen molar-refractivity contribution >= 4 is 5.69 Å². The number of methoxy groups -OCH3 is 1. The van der Waals surface area contributed by atoms with E-state index in [1.54, 1.807) is 37.1 Å². The van der Waals surface area contributed by atoms with Crippen LogP contribution in [0.5, 0.6) is 5.75 Å². The van der Waals surface area contributed by atoms with Crippen LogP contribution in [0.25, 0.3) is 0 Å². The van der Waals surface area contributed by atoms with E-state index in [1.807, 2.05) is 13.0 Å². The minimum Gasteiger partial charge on any atom is -0.496 e. The number of benzene rings is 1. The van der Waals surface area contributed by atoms with Gasteiger partial charge < -0.3 is 14.6 Å². The summed E-state index contributed by atoms with van der Waals surface area (Å²) in [5, 5.41) is 3.38. The molecule has 106 valence electrons. The first-order valence-corrected chi connectivity index (χ1v) is 6.59. The average Bonchev–Trinajstić information content (AvgIpc) is 2.42. The smallest absolute Gasteiger partial charge is 0.250 e. The Bertz CT molecular complexity index is 662. The van der Waals surface area contributed by atoms with E-state index >= 15 is 0 Å². The van der Waals surface area contributed by atoms with Crippen molar-refractivity contribution < 1.29 is 4.74 Å². The molecule has 0 spiro atoms. The molecule has 0 bridgehead atoms. The second-order valence-corrected chi connectivity index (χ2v) is 4.98. The topological polar surface area (TPSA) is 43.3 Å². The maximum Gasteiger partial charge on any atom is 0.250 e. The van der Waals surface area contributed by atoms with Crippen molar-refractivity contribution in [2.24, 2.45) is 7.05 Å². The van der Waals surface area contributed by atoms with Gasteiger partial charge in [0, 0.05) is 24.9 Å². The molecule has 1 unspecified atom stereocenters. The maximum atomic E-state index is 11.4. The zero-order valence-corrected chi connectivity index (χ0v) is 12.3. The molecule has 0 aliphatic carbocycles. The molecule has 1 heterocycles. The number of nitrogens with one attached hydrogen (secondary N) is 1. The van der Waals surface area contributed by atoms with Gasteiger partial charge in [-0.25, -0.2) is 0 Å². The molecule has 0 fully saturated rings. The lowest BCUT2D eigenvalue weighted by Crippen LogP contribution is -2.16. The standard InChI is InChI=1S/C16H20N2O2/c1-11-5-7-14(15(9-11)20-4)12(2)17-13-6-8-16(19)18(3)10-13/h5-10,12,17H,1-4H3. The molecule has 0 amide bonds. The summed E-state index contributed by atoms with van der Waals surface area (Å²) in [7, 11) is 3.42. The Morgan fingerprint density at radius 2 is 2.00 bits per heavy atom. The highest BCUT2D eigenvalue weighted by molar-refractivity contribution is 5.47. The zero-order valence-electron chi connectivity index (χ0n) is 12.3. The van der Waals surface area contributed by atoms with Crippen molar-refractivity contribution in [2.75, 3.05) is 12.4 Å². The molecule has 0 radical (unpaired) electrons. The Morgan fingerprint density at radius 1 is 1.25 bits per heavy atom. The SMILES string of the molecule is COc1cc(C)ccc1C(C)Nc1ccc(=O)n(C)c1. The lowest BCUT2D eigenvalue weighted by atomic mass is 10.0. The molecular formula is C16H20N2O2. The van der Waals surface area contributed by atoms with Crippen molar-refractivity contribution in [1.82, 2.24) is 4.57 Å². The van der Waals surface area contributed by atoms with Crippen molar-refractivity contribution in [2.45, 2.75) is 19.9 Å². The first kappa shape index (κ1) is 14.2. The fraction of sp³-hybridized carbons (Fsp3) is 0.312. The summed E-state index contributed by atoms with van der Waals surface area (Å²) in [4.78, 5) is 11.4. The molecule has 4 nitrogen and oxygen atoms in total. The highest BCUT2D eigenvalue weighted by Gasteiger charge is 2.11. The number of rotatable bonds is 4. The van der Waals surface area contributed by atoms with Gasteiger partial charge in [-0.15, -0.1) is 0 Å². The highest BCUT2D eigenvalue weighted by atomic mass is 16.5. The Kier molecular flexibility index (Phi) is 4.13. The van der Waals surface area contributed by atoms with Gasteiger partial charge in [0.1, 0.15) is 5.75 Å². The number of aromatic nitrogens is 1. The number of anilines is 1. The number of nitrogens with zero attached hydrogens (tertiary/aromatic N) is 1. The summed E-state index contributed by atoms with van der Waals surface area (Å²) in [5.41, 5.74) is 3.14. The molecule has 0 saturated heterocycles. The third-order valence-electron chi connectivity index (χ3n) is 3.32. The maximum absolute atomic E-state index is 11.4. The average molecular weight is 272 g/mol. The van der Waals surface area contributed by atoms with Gasteiger partial charge >= 0.3 is 0 Å². The van der Waals surface area contributed by atoms with Gasteiger partial charge in [0.05, 0.1) is 18.8 Å². The number of aryl methyl sites for hydroxylation is 2. The van der Waals surface area contributed by atoms with Gasteiger partial charge in [-0.05, 0) is 31.5 Å². The van der Waals surface area contributed by atoms with Crippen LogP contribution in [0.3, 0.4) is 0 Å². The Morgan fingerprint density at radius 3 is 2.65 bits per heavy atom. The first-order chi connectivity index (χ1) is 9.51. The van der Waals surface area contributed by atoms with E-state index in [-0.39, 0.29) is 11.6 Å². The number of hydrogen-bond acceptors (Lipinski definition) is 3. The molecule has 1 aromatic heterocycles. The van der Waals surface area contributed by atoms with Crippen LogP contribution in [-0.2, 0) is 7.05 Å². The monoisotopic (exact) mass is 272 g/mol. The lowest BCUT2D eigenvalue weighted by Gasteiger charge is -2.19. The highest BCUT2D eigenvalue weighted by Crippen LogP contribution is 2.28. The Labute approximate surface area is 119 Å². The summed E-state index contributed by atoms with van der Waals surface area (Å²) in [6, 6.07) is 9.59. The predicted molar refractivity (Wildman–Crippen MR) is 81.5 cm³/mol. The van der Waals surface area contributed by atoms with E-state index in [4.69, 9.17) is 4.74 Å². The van der Waals surface area contributed by atoms with Crippen LogP contribution in [0, 0.1) is 6.92 Å². The first-order valence-electron chi connectivity index (χ1n) is 6.59. The quantitative estimate of drug-likeness (QED) is 0.930. The Balaban J connectivity index is 2.25. The molecule has 1 aromatic carbocycles. The van der Waals surface area contributed by atoms with Crippen LogP contribution in [-0.4, -0.2) is 11.7 Å².